The van der Waals surface area contributed by atoms with Gasteiger partial charge in [-0.3, -0.25) is 14.4 Å². The maximum absolute atomic E-state index is 12.1. The number of carbonyl (C=O) groups is 3. The first-order valence-electron chi connectivity index (χ1n) is 8.14. The van der Waals surface area contributed by atoms with Gasteiger partial charge in [-0.2, -0.15) is 0 Å². The number of nitrogens with one attached hydrogen (secondary N) is 1. The highest BCUT2D eigenvalue weighted by molar-refractivity contribution is 5.79. The summed E-state index contributed by atoms with van der Waals surface area (Å²) >= 11 is 0. The minimum atomic E-state index is -0.698. The van der Waals surface area contributed by atoms with Crippen LogP contribution < -0.4 is 5.32 Å². The van der Waals surface area contributed by atoms with Gasteiger partial charge in [0, 0.05) is 32.0 Å². The molecule has 0 aromatic rings. The van der Waals surface area contributed by atoms with Gasteiger partial charge in [0.05, 0.1) is 5.92 Å². The maximum atomic E-state index is 12.1. The van der Waals surface area contributed by atoms with Crippen molar-refractivity contribution in [3.63, 3.8) is 0 Å². The summed E-state index contributed by atoms with van der Waals surface area (Å²) in [6.45, 7) is 5.13. The molecule has 0 aromatic carbocycles. The second kappa shape index (κ2) is 6.67. The molecule has 6 nitrogen and oxygen atoms in total. The molecule has 1 aliphatic heterocycles. The van der Waals surface area contributed by atoms with Crippen molar-refractivity contribution in [2.24, 2.45) is 11.3 Å². The first-order chi connectivity index (χ1) is 10.3. The lowest BCUT2D eigenvalue weighted by atomic mass is 9.90. The fraction of sp³-hybridized carbons (Fsp3) is 0.812. The lowest BCUT2D eigenvalue weighted by Gasteiger charge is -2.32. The van der Waals surface area contributed by atoms with E-state index in [-0.39, 0.29) is 29.2 Å². The van der Waals surface area contributed by atoms with Gasteiger partial charge >= 0.3 is 5.97 Å². The molecule has 2 fully saturated rings. The van der Waals surface area contributed by atoms with Crippen molar-refractivity contribution in [2.75, 3.05) is 13.1 Å². The van der Waals surface area contributed by atoms with E-state index in [4.69, 9.17) is 5.11 Å². The molecule has 0 aromatic heterocycles. The molecule has 22 heavy (non-hydrogen) atoms. The standard InChI is InChI=1S/C16H26N2O4/c1-11(2)17-13(19)4-3-5-14(20)18-8-6-16(7-9-18)10-12(16)15(21)22/h11-12H,3-10H2,1-2H3,(H,17,19)(H,21,22). The van der Waals surface area contributed by atoms with E-state index < -0.39 is 5.97 Å². The van der Waals surface area contributed by atoms with E-state index in [0.29, 0.717) is 32.4 Å². The molecule has 1 atom stereocenters. The Labute approximate surface area is 131 Å². The van der Waals surface area contributed by atoms with E-state index in [1.54, 1.807) is 0 Å². The fourth-order valence-corrected chi connectivity index (χ4v) is 3.40. The largest absolute Gasteiger partial charge is 0.481 e. The van der Waals surface area contributed by atoms with Crippen molar-refractivity contribution < 1.29 is 19.5 Å². The molecule has 0 radical (unpaired) electrons. The molecule has 2 amide bonds. The van der Waals surface area contributed by atoms with Crippen LogP contribution in [0.15, 0.2) is 0 Å². The zero-order chi connectivity index (χ0) is 16.3. The highest BCUT2D eigenvalue weighted by Gasteiger charge is 2.59. The summed E-state index contributed by atoms with van der Waals surface area (Å²) in [4.78, 5) is 36.5. The topological polar surface area (TPSA) is 86.7 Å². The molecule has 6 heteroatoms. The highest BCUT2D eigenvalue weighted by atomic mass is 16.4. The monoisotopic (exact) mass is 310 g/mol. The molecule has 0 bridgehead atoms. The zero-order valence-corrected chi connectivity index (χ0v) is 13.4. The van der Waals surface area contributed by atoms with Crippen LogP contribution in [0.2, 0.25) is 0 Å². The van der Waals surface area contributed by atoms with Gasteiger partial charge in [-0.15, -0.1) is 0 Å². The smallest absolute Gasteiger partial charge is 0.307 e. The van der Waals surface area contributed by atoms with Crippen LogP contribution in [0.5, 0.6) is 0 Å². The SMILES string of the molecule is CC(C)NC(=O)CCCC(=O)N1CCC2(CC1)CC2C(=O)O. The molecular formula is C16H26N2O4. The van der Waals surface area contributed by atoms with E-state index >= 15 is 0 Å². The Bertz CT molecular complexity index is 453. The first kappa shape index (κ1) is 16.8. The molecule has 1 aliphatic carbocycles. The van der Waals surface area contributed by atoms with Gasteiger partial charge in [0.1, 0.15) is 0 Å². The van der Waals surface area contributed by atoms with Crippen molar-refractivity contribution in [2.45, 2.75) is 58.4 Å². The fourth-order valence-electron chi connectivity index (χ4n) is 3.40. The van der Waals surface area contributed by atoms with Gasteiger partial charge < -0.3 is 15.3 Å². The number of carboxylic acids is 1. The zero-order valence-electron chi connectivity index (χ0n) is 13.4. The van der Waals surface area contributed by atoms with Crippen LogP contribution in [0.1, 0.15) is 52.4 Å². The maximum Gasteiger partial charge on any atom is 0.307 e. The number of hydrogen-bond donors (Lipinski definition) is 2. The number of rotatable bonds is 6. The Balaban J connectivity index is 1.66. The van der Waals surface area contributed by atoms with Gasteiger partial charge in [-0.25, -0.2) is 0 Å². The Morgan fingerprint density at radius 3 is 2.36 bits per heavy atom. The van der Waals surface area contributed by atoms with E-state index in [9.17, 15) is 14.4 Å². The van der Waals surface area contributed by atoms with Crippen molar-refractivity contribution in [3.8, 4) is 0 Å². The molecule has 1 unspecified atom stereocenters. The summed E-state index contributed by atoms with van der Waals surface area (Å²) in [5.74, 6) is -0.831. The predicted molar refractivity (Wildman–Crippen MR) is 81.1 cm³/mol. The number of piperidine rings is 1. The lowest BCUT2D eigenvalue weighted by molar-refractivity contribution is -0.139. The number of nitrogens with zero attached hydrogens (tertiary/aromatic N) is 1. The van der Waals surface area contributed by atoms with Crippen LogP contribution in [0.4, 0.5) is 0 Å². The van der Waals surface area contributed by atoms with Crippen LogP contribution >= 0.6 is 0 Å². The average Bonchev–Trinajstić information content (AvgIpc) is 3.12. The molecule has 1 heterocycles. The third kappa shape index (κ3) is 3.99. The van der Waals surface area contributed by atoms with Crippen LogP contribution in [0.25, 0.3) is 0 Å². The third-order valence-corrected chi connectivity index (χ3v) is 4.84. The third-order valence-electron chi connectivity index (χ3n) is 4.84. The van der Waals surface area contributed by atoms with E-state index in [0.717, 1.165) is 19.3 Å². The normalized spacial score (nSPS) is 22.7. The highest BCUT2D eigenvalue weighted by Crippen LogP contribution is 2.59. The Morgan fingerprint density at radius 1 is 1.23 bits per heavy atom. The Morgan fingerprint density at radius 2 is 1.86 bits per heavy atom. The molecule has 124 valence electrons. The predicted octanol–water partition coefficient (Wildman–Crippen LogP) is 1.39. The molecule has 2 rings (SSSR count). The minimum absolute atomic E-state index is 0.0114. The van der Waals surface area contributed by atoms with Gasteiger partial charge in [-0.1, -0.05) is 0 Å². The molecule has 1 saturated carbocycles. The van der Waals surface area contributed by atoms with Crippen molar-refractivity contribution in [3.05, 3.63) is 0 Å². The van der Waals surface area contributed by atoms with Crippen LogP contribution in [-0.2, 0) is 14.4 Å². The number of carbonyl (C=O) groups excluding carboxylic acids is 2. The summed E-state index contributed by atoms with van der Waals surface area (Å²) in [6.07, 6.45) is 3.69. The number of amides is 2. The average molecular weight is 310 g/mol. The molecule has 2 N–H and O–H groups in total. The van der Waals surface area contributed by atoms with E-state index in [1.165, 1.54) is 0 Å². The number of likely N-dealkylation sites (tertiary alicyclic amines) is 1. The van der Waals surface area contributed by atoms with Crippen molar-refractivity contribution in [1.29, 1.82) is 0 Å². The van der Waals surface area contributed by atoms with Gasteiger partial charge in [0.2, 0.25) is 11.8 Å². The van der Waals surface area contributed by atoms with Gasteiger partial charge in [0.25, 0.3) is 0 Å². The van der Waals surface area contributed by atoms with E-state index in [2.05, 4.69) is 5.32 Å². The minimum Gasteiger partial charge on any atom is -0.481 e. The van der Waals surface area contributed by atoms with Crippen molar-refractivity contribution in [1.82, 2.24) is 10.2 Å². The number of hydrogen-bond acceptors (Lipinski definition) is 3. The second-order valence-electron chi connectivity index (χ2n) is 6.91. The van der Waals surface area contributed by atoms with Crippen molar-refractivity contribution >= 4 is 17.8 Å². The Kier molecular flexibility index (Phi) is 5.08. The summed E-state index contributed by atoms with van der Waals surface area (Å²) < 4.78 is 0. The summed E-state index contributed by atoms with van der Waals surface area (Å²) in [7, 11) is 0. The first-order valence-corrected chi connectivity index (χ1v) is 8.14. The van der Waals surface area contributed by atoms with Gasteiger partial charge in [0.15, 0.2) is 0 Å². The van der Waals surface area contributed by atoms with Gasteiger partial charge in [-0.05, 0) is 44.9 Å². The molecular weight excluding hydrogens is 284 g/mol. The molecule has 1 spiro atoms. The van der Waals surface area contributed by atoms with Crippen LogP contribution in [-0.4, -0.2) is 46.9 Å². The number of carboxylic acid groups (broad SMARTS) is 1. The Hall–Kier alpha value is -1.59. The lowest BCUT2D eigenvalue weighted by Crippen LogP contribution is -2.40. The summed E-state index contributed by atoms with van der Waals surface area (Å²) in [5, 5.41) is 11.9. The van der Waals surface area contributed by atoms with E-state index in [1.807, 2.05) is 18.7 Å². The quantitative estimate of drug-likeness (QED) is 0.776. The molecule has 2 aliphatic rings. The number of aliphatic carboxylic acids is 1. The van der Waals surface area contributed by atoms with Crippen LogP contribution in [0.3, 0.4) is 0 Å². The summed E-state index contributed by atoms with van der Waals surface area (Å²) in [6, 6.07) is 0.127. The van der Waals surface area contributed by atoms with Crippen LogP contribution in [0, 0.1) is 11.3 Å². The second-order valence-corrected chi connectivity index (χ2v) is 6.91. The molecule has 1 saturated heterocycles. The summed E-state index contributed by atoms with van der Waals surface area (Å²) in [5.41, 5.74) is -0.0419.